The molecular weight excluding hydrogens is 719 g/mol. The van der Waals surface area contributed by atoms with E-state index in [9.17, 15) is 0 Å². The Bertz CT molecular complexity index is 3700. The first kappa shape index (κ1) is 32.6. The van der Waals surface area contributed by atoms with Crippen LogP contribution in [-0.4, -0.2) is 16.2 Å². The average Bonchev–Trinajstić information content (AvgIpc) is 3.70. The van der Waals surface area contributed by atoms with Crippen molar-refractivity contribution in [3.05, 3.63) is 186 Å². The third-order valence-electron chi connectivity index (χ3n) is 12.9. The topological polar surface area (TPSA) is 51.3 Å². The summed E-state index contributed by atoms with van der Waals surface area (Å²) in [5, 5.41) is 14.4. The third-order valence-corrected chi connectivity index (χ3v) is 12.9. The number of hydrogen-bond donors (Lipinski definition) is 0. The molecule has 1 aliphatic heterocycles. The van der Waals surface area contributed by atoms with Crippen LogP contribution >= 0.6 is 0 Å². The molecule has 0 radical (unpaired) electrons. The van der Waals surface area contributed by atoms with E-state index in [1.54, 1.807) is 0 Å². The van der Waals surface area contributed by atoms with Crippen LogP contribution in [0.2, 0.25) is 0 Å². The van der Waals surface area contributed by atoms with E-state index in [1.165, 1.54) is 60.2 Å². The van der Waals surface area contributed by atoms with Crippen LogP contribution in [0.3, 0.4) is 0 Å². The number of nitrogens with zero attached hydrogens (tertiary/aromatic N) is 3. The van der Waals surface area contributed by atoms with Gasteiger partial charge in [0, 0.05) is 50.6 Å². The number of pyridine rings is 2. The molecule has 0 saturated carbocycles. The number of hydrogen-bond acceptors (Lipinski definition) is 4. The Morgan fingerprint density at radius 2 is 1.34 bits per heavy atom. The van der Waals surface area contributed by atoms with Crippen molar-refractivity contribution in [2.75, 3.05) is 0 Å². The van der Waals surface area contributed by atoms with Gasteiger partial charge in [0.05, 0.1) is 22.4 Å². The molecule has 0 N–H and O–H groups in total. The first-order valence-electron chi connectivity index (χ1n) is 20.6. The molecular formula is C55H35N3O. The molecule has 276 valence electrons. The van der Waals surface area contributed by atoms with Gasteiger partial charge in [-0.25, -0.2) is 4.98 Å². The van der Waals surface area contributed by atoms with Crippen molar-refractivity contribution in [1.29, 1.82) is 0 Å². The molecule has 0 amide bonds. The van der Waals surface area contributed by atoms with Gasteiger partial charge in [0.1, 0.15) is 11.2 Å². The van der Waals surface area contributed by atoms with Gasteiger partial charge in [0.15, 0.2) is 0 Å². The first-order chi connectivity index (χ1) is 29.2. The number of aromatic nitrogens is 2. The monoisotopic (exact) mass is 753 g/mol. The van der Waals surface area contributed by atoms with E-state index in [0.29, 0.717) is 0 Å². The van der Waals surface area contributed by atoms with Crippen molar-refractivity contribution in [2.24, 2.45) is 4.99 Å². The zero-order chi connectivity index (χ0) is 38.6. The number of rotatable bonds is 3. The first-order valence-corrected chi connectivity index (χ1v) is 20.6. The predicted molar refractivity (Wildman–Crippen MR) is 247 cm³/mol. The zero-order valence-corrected chi connectivity index (χ0v) is 32.1. The van der Waals surface area contributed by atoms with Crippen LogP contribution in [0.1, 0.15) is 47.6 Å². The summed E-state index contributed by atoms with van der Waals surface area (Å²) in [7, 11) is 0. The molecule has 4 heteroatoms. The fourth-order valence-corrected chi connectivity index (χ4v) is 10.2. The number of benzene rings is 8. The van der Waals surface area contributed by atoms with Crippen LogP contribution < -0.4 is 0 Å². The van der Waals surface area contributed by atoms with Crippen LogP contribution in [0.15, 0.2) is 173 Å². The van der Waals surface area contributed by atoms with Crippen LogP contribution in [0, 0.1) is 0 Å². The molecule has 1 atom stereocenters. The molecule has 11 aromatic rings. The van der Waals surface area contributed by atoms with Gasteiger partial charge in [-0.05, 0) is 122 Å². The highest BCUT2D eigenvalue weighted by Gasteiger charge is 2.24. The smallest absolute Gasteiger partial charge is 0.144 e. The summed E-state index contributed by atoms with van der Waals surface area (Å²) in [6, 6.07) is 52.9. The molecule has 8 aromatic carbocycles. The summed E-state index contributed by atoms with van der Waals surface area (Å²) < 4.78 is 6.61. The van der Waals surface area contributed by atoms with Gasteiger partial charge in [-0.3, -0.25) is 9.98 Å². The van der Waals surface area contributed by atoms with E-state index in [1.807, 2.05) is 18.3 Å². The lowest BCUT2D eigenvalue weighted by atomic mass is 9.83. The van der Waals surface area contributed by atoms with E-state index >= 15 is 0 Å². The maximum atomic E-state index is 6.61. The minimum atomic E-state index is 0.216. The van der Waals surface area contributed by atoms with Crippen LogP contribution in [0.5, 0.6) is 0 Å². The largest absolute Gasteiger partial charge is 0.455 e. The van der Waals surface area contributed by atoms with Crippen LogP contribution in [-0.2, 0) is 0 Å². The highest BCUT2D eigenvalue weighted by Crippen LogP contribution is 2.45. The second-order valence-corrected chi connectivity index (χ2v) is 16.1. The number of para-hydroxylation sites is 2. The minimum Gasteiger partial charge on any atom is -0.455 e. The normalized spacial score (nSPS) is 15.6. The van der Waals surface area contributed by atoms with Gasteiger partial charge in [-0.15, -0.1) is 0 Å². The van der Waals surface area contributed by atoms with E-state index in [2.05, 4.69) is 152 Å². The van der Waals surface area contributed by atoms with Crippen LogP contribution in [0.25, 0.3) is 98.0 Å². The SMILES string of the molecule is C1=Nc2c(ccc3cccnc23)C(c2ccc3c4ccc(C5=CCCC(c6nc7ccccc7c7c6ccc6c8ccccc8oc67)=C5)cc4c4ccccc4c3c2)C1. The van der Waals surface area contributed by atoms with E-state index in [4.69, 9.17) is 19.4 Å². The van der Waals surface area contributed by atoms with Gasteiger partial charge in [0.25, 0.3) is 0 Å². The van der Waals surface area contributed by atoms with E-state index in [0.717, 1.165) is 85.2 Å². The number of aliphatic imine (C=N–C) groups is 1. The van der Waals surface area contributed by atoms with Crippen LogP contribution in [0.4, 0.5) is 5.69 Å². The van der Waals surface area contributed by atoms with Crippen molar-refractivity contribution >= 4 is 110 Å². The Morgan fingerprint density at radius 1 is 0.593 bits per heavy atom. The summed E-state index contributed by atoms with van der Waals surface area (Å²) in [6.07, 6.45) is 11.5. The van der Waals surface area contributed by atoms with Crippen molar-refractivity contribution < 1.29 is 4.42 Å². The molecule has 59 heavy (non-hydrogen) atoms. The minimum absolute atomic E-state index is 0.216. The molecule has 3 aromatic heterocycles. The maximum absolute atomic E-state index is 6.61. The van der Waals surface area contributed by atoms with Crippen molar-refractivity contribution in [3.8, 4) is 0 Å². The summed E-state index contributed by atoms with van der Waals surface area (Å²) >= 11 is 0. The molecule has 0 spiro atoms. The van der Waals surface area contributed by atoms with Crippen molar-refractivity contribution in [1.82, 2.24) is 9.97 Å². The molecule has 0 bridgehead atoms. The predicted octanol–water partition coefficient (Wildman–Crippen LogP) is 14.8. The summed E-state index contributed by atoms with van der Waals surface area (Å²) in [4.78, 5) is 14.9. The zero-order valence-electron chi connectivity index (χ0n) is 32.1. The quantitative estimate of drug-likeness (QED) is 0.169. The maximum Gasteiger partial charge on any atom is 0.144 e. The molecule has 4 nitrogen and oxygen atoms in total. The van der Waals surface area contributed by atoms with Crippen molar-refractivity contribution in [2.45, 2.75) is 25.2 Å². The van der Waals surface area contributed by atoms with E-state index < -0.39 is 0 Å². The molecule has 0 fully saturated rings. The lowest BCUT2D eigenvalue weighted by Crippen LogP contribution is -2.06. The van der Waals surface area contributed by atoms with Gasteiger partial charge < -0.3 is 4.42 Å². The molecule has 1 aliphatic carbocycles. The Morgan fingerprint density at radius 3 is 2.24 bits per heavy atom. The lowest BCUT2D eigenvalue weighted by molar-refractivity contribution is 0.673. The summed E-state index contributed by atoms with van der Waals surface area (Å²) in [6.45, 7) is 0. The Labute approximate surface area is 339 Å². The van der Waals surface area contributed by atoms with Crippen molar-refractivity contribution in [3.63, 3.8) is 0 Å². The highest BCUT2D eigenvalue weighted by atomic mass is 16.3. The average molecular weight is 754 g/mol. The fraction of sp³-hybridized carbons (Fsp3) is 0.0727. The Balaban J connectivity index is 0.942. The standard InChI is InChI=1S/C55H35N3O/c1-2-13-39-38(12-1)47-30-34(19-21-40(47)41-22-20-35(31-48(39)41)37-26-28-57-54-43(37)23-18-32-11-8-27-56-53(32)54)33-9-7-10-36(29-33)52-46-25-24-44-42-14-4-6-17-50(42)59-55(44)51(46)45-15-3-5-16-49(45)58-52/h1-6,8-9,11-25,27-31,37H,7,10,26H2. The Kier molecular flexibility index (Phi) is 6.93. The van der Waals surface area contributed by atoms with Gasteiger partial charge in [-0.1, -0.05) is 115 Å². The molecule has 0 saturated heterocycles. The summed E-state index contributed by atoms with van der Waals surface area (Å²) in [5.41, 5.74) is 12.1. The number of fused-ring (bicyclic) bond motifs is 16. The summed E-state index contributed by atoms with van der Waals surface area (Å²) in [5.74, 6) is 0.216. The Hall–Kier alpha value is -7.43. The molecule has 13 rings (SSSR count). The molecule has 4 heterocycles. The van der Waals surface area contributed by atoms with E-state index in [-0.39, 0.29) is 5.92 Å². The lowest BCUT2D eigenvalue weighted by Gasteiger charge is -2.23. The third kappa shape index (κ3) is 4.87. The molecule has 1 unspecified atom stereocenters. The fourth-order valence-electron chi connectivity index (χ4n) is 10.2. The van der Waals surface area contributed by atoms with Gasteiger partial charge in [0.2, 0.25) is 0 Å². The second kappa shape index (κ2) is 12.5. The van der Waals surface area contributed by atoms with Gasteiger partial charge in [-0.2, -0.15) is 0 Å². The number of allylic oxidation sites excluding steroid dienone is 4. The number of furan rings is 1. The second-order valence-electron chi connectivity index (χ2n) is 16.1. The highest BCUT2D eigenvalue weighted by molar-refractivity contribution is 6.26. The van der Waals surface area contributed by atoms with Gasteiger partial charge >= 0.3 is 0 Å². The molecule has 2 aliphatic rings.